The van der Waals surface area contributed by atoms with Crippen molar-refractivity contribution in [3.05, 3.63) is 45.6 Å². The van der Waals surface area contributed by atoms with Crippen molar-refractivity contribution < 1.29 is 13.7 Å². The molecule has 19 heavy (non-hydrogen) atoms. The van der Waals surface area contributed by atoms with Gasteiger partial charge < -0.3 is 5.73 Å². The summed E-state index contributed by atoms with van der Waals surface area (Å²) >= 11 is 0. The lowest BCUT2D eigenvalue weighted by Gasteiger charge is -2.06. The van der Waals surface area contributed by atoms with Crippen LogP contribution in [0.5, 0.6) is 0 Å². The lowest BCUT2D eigenvalue weighted by atomic mass is 10.1. The zero-order valence-corrected chi connectivity index (χ0v) is 9.72. The van der Waals surface area contributed by atoms with Gasteiger partial charge in [-0.15, -0.1) is 0 Å². The van der Waals surface area contributed by atoms with Crippen LogP contribution in [-0.2, 0) is 0 Å². The van der Waals surface area contributed by atoms with Crippen LogP contribution < -0.4 is 5.73 Å². The summed E-state index contributed by atoms with van der Waals surface area (Å²) in [6.45, 7) is 1.34. The minimum absolute atomic E-state index is 0.0174. The number of rotatable bonds is 2. The molecule has 0 amide bonds. The number of hydrogen-bond donors (Lipinski definition) is 1. The van der Waals surface area contributed by atoms with E-state index in [1.54, 1.807) is 0 Å². The first-order chi connectivity index (χ1) is 8.91. The van der Waals surface area contributed by atoms with Crippen LogP contribution >= 0.6 is 0 Å². The molecule has 0 aliphatic heterocycles. The first kappa shape index (κ1) is 12.8. The molecule has 0 fully saturated rings. The van der Waals surface area contributed by atoms with Gasteiger partial charge in [0.25, 0.3) is 0 Å². The van der Waals surface area contributed by atoms with E-state index in [-0.39, 0.29) is 22.9 Å². The monoisotopic (exact) mass is 266 g/mol. The number of nitrogens with two attached hydrogens (primary N) is 1. The van der Waals surface area contributed by atoms with E-state index in [9.17, 15) is 18.9 Å². The molecule has 98 valence electrons. The molecule has 6 nitrogen and oxygen atoms in total. The van der Waals surface area contributed by atoms with E-state index in [1.165, 1.54) is 19.1 Å². The molecule has 0 saturated heterocycles. The van der Waals surface area contributed by atoms with E-state index in [0.29, 0.717) is 0 Å². The first-order valence-electron chi connectivity index (χ1n) is 5.14. The van der Waals surface area contributed by atoms with Crippen LogP contribution in [0.25, 0.3) is 11.3 Å². The van der Waals surface area contributed by atoms with Crippen LogP contribution in [0, 0.1) is 28.7 Å². The lowest BCUT2D eigenvalue weighted by Crippen LogP contribution is -2.05. The highest BCUT2D eigenvalue weighted by Gasteiger charge is 2.25. The second-order valence-electron chi connectivity index (χ2n) is 3.72. The van der Waals surface area contributed by atoms with Gasteiger partial charge in [-0.3, -0.25) is 10.1 Å². The summed E-state index contributed by atoms with van der Waals surface area (Å²) in [4.78, 5) is 17.5. The van der Waals surface area contributed by atoms with Gasteiger partial charge in [0.15, 0.2) is 17.3 Å². The number of nitrogens with zero attached hydrogens (tertiary/aromatic N) is 3. The molecule has 0 spiro atoms. The van der Waals surface area contributed by atoms with Crippen LogP contribution in [0.1, 0.15) is 5.69 Å². The molecule has 1 aromatic heterocycles. The topological polar surface area (TPSA) is 94.9 Å². The fourth-order valence-corrected chi connectivity index (χ4v) is 1.68. The number of hydrogen-bond acceptors (Lipinski definition) is 5. The van der Waals surface area contributed by atoms with Crippen LogP contribution in [0.4, 0.5) is 20.4 Å². The number of halogens is 2. The van der Waals surface area contributed by atoms with Crippen molar-refractivity contribution in [3.63, 3.8) is 0 Å². The van der Waals surface area contributed by atoms with Gasteiger partial charge in [-0.25, -0.2) is 18.7 Å². The summed E-state index contributed by atoms with van der Waals surface area (Å²) in [6, 6.07) is 3.32. The molecule has 8 heteroatoms. The third-order valence-electron chi connectivity index (χ3n) is 2.46. The Hall–Kier alpha value is -2.64. The highest BCUT2D eigenvalue weighted by molar-refractivity contribution is 5.72. The van der Waals surface area contributed by atoms with Crippen molar-refractivity contribution in [1.82, 2.24) is 9.97 Å². The summed E-state index contributed by atoms with van der Waals surface area (Å²) < 4.78 is 26.9. The van der Waals surface area contributed by atoms with Gasteiger partial charge in [0.2, 0.25) is 5.95 Å². The molecule has 0 aliphatic carbocycles. The zero-order valence-electron chi connectivity index (χ0n) is 9.72. The van der Waals surface area contributed by atoms with Gasteiger partial charge in [-0.1, -0.05) is 6.07 Å². The predicted octanol–water partition coefficient (Wildman–Crippen LogP) is 2.22. The fraction of sp³-hybridized carbons (Fsp3) is 0.0909. The van der Waals surface area contributed by atoms with E-state index in [0.717, 1.165) is 6.07 Å². The maximum Gasteiger partial charge on any atom is 0.316 e. The average molecular weight is 266 g/mol. The van der Waals surface area contributed by atoms with Crippen molar-refractivity contribution in [2.24, 2.45) is 0 Å². The molecule has 0 aliphatic rings. The van der Waals surface area contributed by atoms with E-state index < -0.39 is 22.2 Å². The van der Waals surface area contributed by atoms with Gasteiger partial charge >= 0.3 is 5.69 Å². The summed E-state index contributed by atoms with van der Waals surface area (Å²) in [5, 5.41) is 11.0. The number of nitrogen functional groups attached to an aromatic ring is 1. The summed E-state index contributed by atoms with van der Waals surface area (Å²) in [7, 11) is 0. The molecular formula is C11H8F2N4O2. The predicted molar refractivity (Wildman–Crippen MR) is 63.2 cm³/mol. The Bertz CT molecular complexity index is 676. The van der Waals surface area contributed by atoms with Crippen molar-refractivity contribution in [2.45, 2.75) is 6.92 Å². The molecule has 1 heterocycles. The number of benzene rings is 1. The lowest BCUT2D eigenvalue weighted by molar-refractivity contribution is -0.385. The molecule has 0 bridgehead atoms. The van der Waals surface area contributed by atoms with Crippen LogP contribution in [0.15, 0.2) is 18.2 Å². The average Bonchev–Trinajstić information content (AvgIpc) is 2.31. The van der Waals surface area contributed by atoms with Crippen molar-refractivity contribution >= 4 is 11.6 Å². The highest BCUT2D eigenvalue weighted by atomic mass is 19.2. The highest BCUT2D eigenvalue weighted by Crippen LogP contribution is 2.32. The summed E-state index contributed by atoms with van der Waals surface area (Å²) in [5.74, 6) is -2.59. The number of aromatic nitrogens is 2. The first-order valence-corrected chi connectivity index (χ1v) is 5.14. The van der Waals surface area contributed by atoms with E-state index in [2.05, 4.69) is 9.97 Å². The largest absolute Gasteiger partial charge is 0.368 e. The Balaban J connectivity index is 2.81. The maximum absolute atomic E-state index is 13.7. The number of aryl methyl sites for hydroxylation is 1. The number of nitro groups is 1. The minimum Gasteiger partial charge on any atom is -0.368 e. The van der Waals surface area contributed by atoms with Gasteiger partial charge in [0, 0.05) is 5.56 Å². The van der Waals surface area contributed by atoms with Gasteiger partial charge in [-0.2, -0.15) is 0 Å². The van der Waals surface area contributed by atoms with E-state index >= 15 is 0 Å². The van der Waals surface area contributed by atoms with Crippen LogP contribution in [-0.4, -0.2) is 14.9 Å². The van der Waals surface area contributed by atoms with Crippen molar-refractivity contribution in [1.29, 1.82) is 0 Å². The molecule has 2 aromatic rings. The summed E-state index contributed by atoms with van der Waals surface area (Å²) in [6.07, 6.45) is 0. The molecule has 2 N–H and O–H groups in total. The van der Waals surface area contributed by atoms with Gasteiger partial charge in [0.05, 0.1) is 4.92 Å². The SMILES string of the molecule is Cc1nc(N)nc(-c2cccc(F)c2F)c1[N+](=O)[O-]. The Morgan fingerprint density at radius 3 is 2.63 bits per heavy atom. The maximum atomic E-state index is 13.7. The quantitative estimate of drug-likeness (QED) is 0.664. The Morgan fingerprint density at radius 2 is 2.00 bits per heavy atom. The smallest absolute Gasteiger partial charge is 0.316 e. The molecule has 0 radical (unpaired) electrons. The van der Waals surface area contributed by atoms with Crippen molar-refractivity contribution in [2.75, 3.05) is 5.73 Å². The normalized spacial score (nSPS) is 10.5. The van der Waals surface area contributed by atoms with Crippen molar-refractivity contribution in [3.8, 4) is 11.3 Å². The Kier molecular flexibility index (Phi) is 3.07. The zero-order chi connectivity index (χ0) is 14.2. The third kappa shape index (κ3) is 2.19. The second-order valence-corrected chi connectivity index (χ2v) is 3.72. The fourth-order valence-electron chi connectivity index (χ4n) is 1.68. The molecular weight excluding hydrogens is 258 g/mol. The summed E-state index contributed by atoms with van der Waals surface area (Å²) in [5.41, 5.74) is 4.20. The molecule has 0 unspecified atom stereocenters. The Labute approximate surface area is 106 Å². The van der Waals surface area contributed by atoms with Crippen LogP contribution in [0.3, 0.4) is 0 Å². The van der Waals surface area contributed by atoms with E-state index in [1.807, 2.05) is 0 Å². The van der Waals surface area contributed by atoms with Gasteiger partial charge in [0.1, 0.15) is 5.69 Å². The van der Waals surface area contributed by atoms with Crippen LogP contribution in [0.2, 0.25) is 0 Å². The second kappa shape index (κ2) is 4.56. The minimum atomic E-state index is -1.22. The third-order valence-corrected chi connectivity index (χ3v) is 2.46. The molecule has 0 atom stereocenters. The van der Waals surface area contributed by atoms with Gasteiger partial charge in [-0.05, 0) is 19.1 Å². The molecule has 1 aromatic carbocycles. The Morgan fingerprint density at radius 1 is 1.32 bits per heavy atom. The number of anilines is 1. The molecule has 2 rings (SSSR count). The van der Waals surface area contributed by atoms with E-state index in [4.69, 9.17) is 5.73 Å². The standard InChI is InChI=1S/C11H8F2N4O2/c1-5-10(17(18)19)9(16-11(14)15-5)6-3-2-4-7(12)8(6)13/h2-4H,1H3,(H2,14,15,16). The molecule has 0 saturated carbocycles.